The van der Waals surface area contributed by atoms with Crippen molar-refractivity contribution in [3.05, 3.63) is 53.6 Å². The average molecular weight is 270 g/mol. The van der Waals surface area contributed by atoms with Gasteiger partial charge in [-0.1, -0.05) is 25.1 Å². The maximum Gasteiger partial charge on any atom is 0.142 e. The standard InChI is InChI=1S/C17H19FN2/c1-2-7-20-17-6-4-13-8-12(3-5-16(13)17)14-9-15(18)11-19-10-14/h3,5,8-11,17,20H,2,4,6-7H2,1H3. The minimum Gasteiger partial charge on any atom is -0.310 e. The van der Waals surface area contributed by atoms with Gasteiger partial charge < -0.3 is 5.32 Å². The Morgan fingerprint density at radius 1 is 1.25 bits per heavy atom. The van der Waals surface area contributed by atoms with Crippen LogP contribution >= 0.6 is 0 Å². The van der Waals surface area contributed by atoms with Gasteiger partial charge in [0.05, 0.1) is 6.20 Å². The Kier molecular flexibility index (Phi) is 3.79. The Labute approximate surface area is 119 Å². The van der Waals surface area contributed by atoms with Gasteiger partial charge in [0.1, 0.15) is 5.82 Å². The first-order chi connectivity index (χ1) is 9.78. The predicted molar refractivity (Wildman–Crippen MR) is 79.0 cm³/mol. The van der Waals surface area contributed by atoms with Crippen molar-refractivity contribution in [2.45, 2.75) is 32.2 Å². The number of rotatable bonds is 4. The summed E-state index contributed by atoms with van der Waals surface area (Å²) in [6.07, 6.45) is 6.35. The molecular formula is C17H19FN2. The Hall–Kier alpha value is -1.74. The second kappa shape index (κ2) is 5.71. The summed E-state index contributed by atoms with van der Waals surface area (Å²) in [7, 11) is 0. The topological polar surface area (TPSA) is 24.9 Å². The summed E-state index contributed by atoms with van der Waals surface area (Å²) < 4.78 is 13.3. The summed E-state index contributed by atoms with van der Waals surface area (Å²) >= 11 is 0. The van der Waals surface area contributed by atoms with Crippen LogP contribution in [0.5, 0.6) is 0 Å². The Balaban J connectivity index is 1.87. The van der Waals surface area contributed by atoms with Crippen LogP contribution in [0, 0.1) is 5.82 Å². The fourth-order valence-corrected chi connectivity index (χ4v) is 2.90. The van der Waals surface area contributed by atoms with Crippen molar-refractivity contribution >= 4 is 0 Å². The van der Waals surface area contributed by atoms with E-state index in [0.29, 0.717) is 6.04 Å². The summed E-state index contributed by atoms with van der Waals surface area (Å²) in [6.45, 7) is 3.24. The van der Waals surface area contributed by atoms with Crippen LogP contribution in [-0.4, -0.2) is 11.5 Å². The highest BCUT2D eigenvalue weighted by Crippen LogP contribution is 2.34. The van der Waals surface area contributed by atoms with Gasteiger partial charge in [0, 0.05) is 17.8 Å². The molecule has 104 valence electrons. The number of aromatic nitrogens is 1. The van der Waals surface area contributed by atoms with E-state index in [9.17, 15) is 4.39 Å². The number of pyridine rings is 1. The number of benzene rings is 1. The number of hydrogen-bond acceptors (Lipinski definition) is 2. The molecule has 0 fully saturated rings. The third-order valence-corrected chi connectivity index (χ3v) is 3.90. The molecule has 0 aliphatic heterocycles. The highest BCUT2D eigenvalue weighted by atomic mass is 19.1. The van der Waals surface area contributed by atoms with Crippen LogP contribution in [0.15, 0.2) is 36.7 Å². The fraction of sp³-hybridized carbons (Fsp3) is 0.353. The molecular weight excluding hydrogens is 251 g/mol. The van der Waals surface area contributed by atoms with Gasteiger partial charge in [-0.05, 0) is 48.6 Å². The Morgan fingerprint density at radius 2 is 2.15 bits per heavy atom. The maximum absolute atomic E-state index is 13.3. The summed E-state index contributed by atoms with van der Waals surface area (Å²) in [4.78, 5) is 3.92. The van der Waals surface area contributed by atoms with E-state index in [2.05, 4.69) is 35.4 Å². The smallest absolute Gasteiger partial charge is 0.142 e. The van der Waals surface area contributed by atoms with Crippen molar-refractivity contribution < 1.29 is 4.39 Å². The largest absolute Gasteiger partial charge is 0.310 e. The van der Waals surface area contributed by atoms with Gasteiger partial charge in [-0.25, -0.2) is 4.39 Å². The molecule has 1 aliphatic rings. The summed E-state index contributed by atoms with van der Waals surface area (Å²) in [5, 5.41) is 3.58. The van der Waals surface area contributed by atoms with Gasteiger partial charge in [0.15, 0.2) is 0 Å². The minimum atomic E-state index is -0.287. The van der Waals surface area contributed by atoms with Crippen LogP contribution < -0.4 is 5.32 Å². The number of hydrogen-bond donors (Lipinski definition) is 1. The molecule has 0 saturated heterocycles. The van der Waals surface area contributed by atoms with Crippen LogP contribution in [0.25, 0.3) is 11.1 Å². The zero-order valence-corrected chi connectivity index (χ0v) is 11.7. The maximum atomic E-state index is 13.3. The van der Waals surface area contributed by atoms with Crippen molar-refractivity contribution in [2.24, 2.45) is 0 Å². The third-order valence-electron chi connectivity index (χ3n) is 3.90. The summed E-state index contributed by atoms with van der Waals surface area (Å²) in [5.41, 5.74) is 4.66. The summed E-state index contributed by atoms with van der Waals surface area (Å²) in [5.74, 6) is -0.287. The van der Waals surface area contributed by atoms with Crippen molar-refractivity contribution in [3.8, 4) is 11.1 Å². The lowest BCUT2D eigenvalue weighted by atomic mass is 10.0. The molecule has 0 radical (unpaired) electrons. The van der Waals surface area contributed by atoms with Gasteiger partial charge in [0.25, 0.3) is 0 Å². The molecule has 0 amide bonds. The lowest BCUT2D eigenvalue weighted by molar-refractivity contribution is 0.529. The van der Waals surface area contributed by atoms with E-state index in [1.165, 1.54) is 23.4 Å². The molecule has 0 spiro atoms. The lowest BCUT2D eigenvalue weighted by Crippen LogP contribution is -2.19. The quantitative estimate of drug-likeness (QED) is 0.912. The van der Waals surface area contributed by atoms with Crippen LogP contribution in [-0.2, 0) is 6.42 Å². The van der Waals surface area contributed by atoms with Crippen LogP contribution in [0.2, 0.25) is 0 Å². The second-order valence-corrected chi connectivity index (χ2v) is 5.35. The van der Waals surface area contributed by atoms with E-state index >= 15 is 0 Å². The second-order valence-electron chi connectivity index (χ2n) is 5.35. The first kappa shape index (κ1) is 13.3. The number of nitrogens with one attached hydrogen (secondary N) is 1. The molecule has 3 rings (SSSR count). The lowest BCUT2D eigenvalue weighted by Gasteiger charge is -2.13. The molecule has 2 aromatic rings. The molecule has 20 heavy (non-hydrogen) atoms. The molecule has 3 heteroatoms. The summed E-state index contributed by atoms with van der Waals surface area (Å²) in [6, 6.07) is 8.44. The molecule has 1 aliphatic carbocycles. The number of nitrogens with zero attached hydrogens (tertiary/aromatic N) is 1. The predicted octanol–water partition coefficient (Wildman–Crippen LogP) is 3.87. The first-order valence-electron chi connectivity index (χ1n) is 7.25. The van der Waals surface area contributed by atoms with Gasteiger partial charge >= 0.3 is 0 Å². The molecule has 0 bridgehead atoms. The molecule has 1 heterocycles. The van der Waals surface area contributed by atoms with Gasteiger partial charge in [0.2, 0.25) is 0 Å². The zero-order valence-electron chi connectivity index (χ0n) is 11.7. The van der Waals surface area contributed by atoms with E-state index < -0.39 is 0 Å². The van der Waals surface area contributed by atoms with Crippen molar-refractivity contribution in [3.63, 3.8) is 0 Å². The molecule has 1 atom stereocenters. The van der Waals surface area contributed by atoms with Crippen molar-refractivity contribution in [2.75, 3.05) is 6.54 Å². The highest BCUT2D eigenvalue weighted by Gasteiger charge is 2.21. The van der Waals surface area contributed by atoms with Gasteiger partial charge in [-0.15, -0.1) is 0 Å². The Morgan fingerprint density at radius 3 is 2.95 bits per heavy atom. The molecule has 1 N–H and O–H groups in total. The minimum absolute atomic E-state index is 0.287. The SMILES string of the molecule is CCCNC1CCc2cc(-c3cncc(F)c3)ccc21. The zero-order chi connectivity index (χ0) is 13.9. The van der Waals surface area contributed by atoms with Gasteiger partial charge in [-0.3, -0.25) is 4.98 Å². The van der Waals surface area contributed by atoms with E-state index in [1.54, 1.807) is 6.20 Å². The van der Waals surface area contributed by atoms with Crippen molar-refractivity contribution in [1.82, 2.24) is 10.3 Å². The average Bonchev–Trinajstić information content (AvgIpc) is 2.87. The van der Waals surface area contributed by atoms with Crippen LogP contribution in [0.3, 0.4) is 0 Å². The van der Waals surface area contributed by atoms with E-state index in [1.807, 2.05) is 0 Å². The highest BCUT2D eigenvalue weighted by molar-refractivity contribution is 5.64. The number of aryl methyl sites for hydroxylation is 1. The van der Waals surface area contributed by atoms with E-state index in [0.717, 1.165) is 36.9 Å². The normalized spacial score (nSPS) is 17.2. The van der Waals surface area contributed by atoms with E-state index in [-0.39, 0.29) is 5.82 Å². The monoisotopic (exact) mass is 270 g/mol. The van der Waals surface area contributed by atoms with Crippen molar-refractivity contribution in [1.29, 1.82) is 0 Å². The van der Waals surface area contributed by atoms with E-state index in [4.69, 9.17) is 0 Å². The molecule has 1 aromatic carbocycles. The fourth-order valence-electron chi connectivity index (χ4n) is 2.90. The Bertz CT molecular complexity index is 610. The number of halogens is 1. The first-order valence-corrected chi connectivity index (χ1v) is 7.25. The van der Waals surface area contributed by atoms with Crippen LogP contribution in [0.1, 0.15) is 36.9 Å². The molecule has 1 unspecified atom stereocenters. The third kappa shape index (κ3) is 2.59. The molecule has 2 nitrogen and oxygen atoms in total. The van der Waals surface area contributed by atoms with Crippen LogP contribution in [0.4, 0.5) is 4.39 Å². The number of fused-ring (bicyclic) bond motifs is 1. The van der Waals surface area contributed by atoms with Gasteiger partial charge in [-0.2, -0.15) is 0 Å². The molecule has 0 saturated carbocycles. The molecule has 1 aromatic heterocycles.